The van der Waals surface area contributed by atoms with Crippen molar-refractivity contribution in [3.63, 3.8) is 0 Å². The van der Waals surface area contributed by atoms with E-state index in [1.54, 1.807) is 7.11 Å². The second-order valence-electron chi connectivity index (χ2n) is 7.75. The normalized spacial score (nSPS) is 10.9. The van der Waals surface area contributed by atoms with Crippen molar-refractivity contribution >= 4 is 10.8 Å². The Balaban J connectivity index is 1.79. The van der Waals surface area contributed by atoms with Crippen molar-refractivity contribution in [2.45, 2.75) is 6.42 Å². The van der Waals surface area contributed by atoms with Gasteiger partial charge in [0.15, 0.2) is 0 Å². The molecule has 1 nitrogen and oxygen atoms in total. The lowest BCUT2D eigenvalue weighted by Gasteiger charge is -2.18. The van der Waals surface area contributed by atoms with Crippen molar-refractivity contribution in [1.29, 1.82) is 0 Å². The average molecular weight is 401 g/mol. The molecule has 150 valence electrons. The van der Waals surface area contributed by atoms with Crippen LogP contribution in [0.5, 0.6) is 5.75 Å². The fourth-order valence-electron chi connectivity index (χ4n) is 4.31. The highest BCUT2D eigenvalue weighted by atomic mass is 16.5. The van der Waals surface area contributed by atoms with Gasteiger partial charge in [-0.1, -0.05) is 97.1 Å². The molecule has 0 atom stereocenters. The molecule has 0 unspecified atom stereocenters. The van der Waals surface area contributed by atoms with Crippen LogP contribution in [0.3, 0.4) is 0 Å². The molecule has 0 bridgehead atoms. The number of benzene rings is 5. The molecule has 0 aromatic heterocycles. The van der Waals surface area contributed by atoms with E-state index in [0.29, 0.717) is 0 Å². The van der Waals surface area contributed by atoms with E-state index in [9.17, 15) is 0 Å². The van der Waals surface area contributed by atoms with Gasteiger partial charge in [-0.3, -0.25) is 0 Å². The Morgan fingerprint density at radius 1 is 0.548 bits per heavy atom. The van der Waals surface area contributed by atoms with E-state index in [-0.39, 0.29) is 0 Å². The number of fused-ring (bicyclic) bond motifs is 1. The van der Waals surface area contributed by atoms with Gasteiger partial charge >= 0.3 is 0 Å². The van der Waals surface area contributed by atoms with Gasteiger partial charge in [0.05, 0.1) is 7.11 Å². The van der Waals surface area contributed by atoms with Crippen molar-refractivity contribution in [3.05, 3.63) is 126 Å². The molecule has 0 amide bonds. The Labute approximate surface area is 183 Å². The Morgan fingerprint density at radius 3 is 1.81 bits per heavy atom. The predicted octanol–water partition coefficient (Wildman–Crippen LogP) is 7.77. The van der Waals surface area contributed by atoms with Gasteiger partial charge in [-0.25, -0.2) is 0 Å². The molecular weight excluding hydrogens is 376 g/mol. The molecule has 0 aliphatic rings. The zero-order valence-electron chi connectivity index (χ0n) is 17.6. The number of ether oxygens (including phenoxy) is 1. The highest BCUT2D eigenvalue weighted by molar-refractivity contribution is 6.03. The van der Waals surface area contributed by atoms with Gasteiger partial charge in [-0.15, -0.1) is 0 Å². The summed E-state index contributed by atoms with van der Waals surface area (Å²) < 4.78 is 5.39. The first-order valence-electron chi connectivity index (χ1n) is 10.6. The maximum Gasteiger partial charge on any atom is 0.118 e. The second kappa shape index (κ2) is 8.49. The van der Waals surface area contributed by atoms with Crippen LogP contribution in [0.15, 0.2) is 115 Å². The van der Waals surface area contributed by atoms with Gasteiger partial charge in [-0.05, 0) is 68.8 Å². The summed E-state index contributed by atoms with van der Waals surface area (Å²) in [5.74, 6) is 0.873. The molecule has 0 saturated carbocycles. The fourth-order valence-corrected chi connectivity index (χ4v) is 4.31. The summed E-state index contributed by atoms with van der Waals surface area (Å²) in [5.41, 5.74) is 7.64. The summed E-state index contributed by atoms with van der Waals surface area (Å²) >= 11 is 0. The average Bonchev–Trinajstić information content (AvgIpc) is 2.85. The van der Waals surface area contributed by atoms with E-state index in [2.05, 4.69) is 103 Å². The Hall–Kier alpha value is -3.84. The van der Waals surface area contributed by atoms with Crippen LogP contribution < -0.4 is 4.74 Å². The highest BCUT2D eigenvalue weighted by Gasteiger charge is 2.15. The maximum absolute atomic E-state index is 5.39. The molecule has 0 spiro atoms. The molecule has 0 saturated heterocycles. The molecule has 0 fully saturated rings. The van der Waals surface area contributed by atoms with Crippen molar-refractivity contribution in [3.8, 4) is 28.0 Å². The largest absolute Gasteiger partial charge is 0.497 e. The van der Waals surface area contributed by atoms with Gasteiger partial charge in [0.1, 0.15) is 5.75 Å². The Bertz CT molecular complexity index is 1300. The second-order valence-corrected chi connectivity index (χ2v) is 7.75. The molecule has 0 aliphatic carbocycles. The van der Waals surface area contributed by atoms with Gasteiger partial charge < -0.3 is 4.74 Å². The molecule has 0 radical (unpaired) electrons. The van der Waals surface area contributed by atoms with Crippen LogP contribution in [0.2, 0.25) is 0 Å². The molecule has 0 aliphatic heterocycles. The van der Waals surface area contributed by atoms with Gasteiger partial charge in [0.25, 0.3) is 0 Å². The lowest BCUT2D eigenvalue weighted by molar-refractivity contribution is 0.415. The minimum absolute atomic E-state index is 0.873. The van der Waals surface area contributed by atoms with Crippen LogP contribution >= 0.6 is 0 Å². The SMILES string of the molecule is COc1ccc(-c2cc(-c3ccccc3)c3ccccc3c2Cc2ccccc2)cc1. The van der Waals surface area contributed by atoms with Gasteiger partial charge in [0.2, 0.25) is 0 Å². The number of rotatable bonds is 5. The summed E-state index contributed by atoms with van der Waals surface area (Å²) in [5, 5.41) is 2.59. The monoisotopic (exact) mass is 400 g/mol. The molecule has 31 heavy (non-hydrogen) atoms. The maximum atomic E-state index is 5.39. The Kier molecular flexibility index (Phi) is 5.24. The van der Waals surface area contributed by atoms with Crippen LogP contribution in [0.4, 0.5) is 0 Å². The van der Waals surface area contributed by atoms with E-state index in [0.717, 1.165) is 12.2 Å². The quantitative estimate of drug-likeness (QED) is 0.293. The third kappa shape index (κ3) is 3.83. The minimum Gasteiger partial charge on any atom is -0.497 e. The summed E-state index contributed by atoms with van der Waals surface area (Å²) in [4.78, 5) is 0. The molecule has 0 heterocycles. The number of hydrogen-bond acceptors (Lipinski definition) is 1. The number of hydrogen-bond donors (Lipinski definition) is 0. The van der Waals surface area contributed by atoms with Crippen molar-refractivity contribution in [2.24, 2.45) is 0 Å². The highest BCUT2D eigenvalue weighted by Crippen LogP contribution is 2.39. The lowest BCUT2D eigenvalue weighted by atomic mass is 9.86. The van der Waals surface area contributed by atoms with Crippen LogP contribution in [0, 0.1) is 0 Å². The summed E-state index contributed by atoms with van der Waals surface area (Å²) in [6, 6.07) is 40.9. The first-order valence-corrected chi connectivity index (χ1v) is 10.6. The first kappa shape index (κ1) is 19.1. The lowest BCUT2D eigenvalue weighted by Crippen LogP contribution is -1.97. The standard InChI is InChI=1S/C30H24O/c1-31-25-18-16-24(17-19-25)29-21-28(23-12-6-3-7-13-23)26-14-8-9-15-27(26)30(29)20-22-10-4-2-5-11-22/h2-19,21H,20H2,1H3. The van der Waals surface area contributed by atoms with Crippen LogP contribution in [0.1, 0.15) is 11.1 Å². The third-order valence-corrected chi connectivity index (χ3v) is 5.87. The fraction of sp³-hybridized carbons (Fsp3) is 0.0667. The van der Waals surface area contributed by atoms with Crippen molar-refractivity contribution < 1.29 is 4.74 Å². The summed E-state index contributed by atoms with van der Waals surface area (Å²) in [7, 11) is 1.71. The van der Waals surface area contributed by atoms with Crippen LogP contribution in [-0.4, -0.2) is 7.11 Å². The van der Waals surface area contributed by atoms with Crippen LogP contribution in [0.25, 0.3) is 33.0 Å². The topological polar surface area (TPSA) is 9.23 Å². The first-order chi connectivity index (χ1) is 15.3. The van der Waals surface area contributed by atoms with E-state index in [4.69, 9.17) is 4.74 Å². The Morgan fingerprint density at radius 2 is 1.13 bits per heavy atom. The van der Waals surface area contributed by atoms with Gasteiger partial charge in [0, 0.05) is 0 Å². The molecular formula is C30H24O. The third-order valence-electron chi connectivity index (χ3n) is 5.87. The molecule has 5 aromatic carbocycles. The van der Waals surface area contributed by atoms with Crippen LogP contribution in [-0.2, 0) is 6.42 Å². The van der Waals surface area contributed by atoms with E-state index < -0.39 is 0 Å². The molecule has 5 aromatic rings. The predicted molar refractivity (Wildman–Crippen MR) is 131 cm³/mol. The van der Waals surface area contributed by atoms with Gasteiger partial charge in [-0.2, -0.15) is 0 Å². The van der Waals surface area contributed by atoms with Crippen molar-refractivity contribution in [2.75, 3.05) is 7.11 Å². The molecule has 1 heteroatoms. The smallest absolute Gasteiger partial charge is 0.118 e. The van der Waals surface area contributed by atoms with E-state index in [1.165, 1.54) is 44.2 Å². The number of methoxy groups -OCH3 is 1. The molecule has 5 rings (SSSR count). The van der Waals surface area contributed by atoms with E-state index >= 15 is 0 Å². The summed E-state index contributed by atoms with van der Waals surface area (Å²) in [6.45, 7) is 0. The molecule has 0 N–H and O–H groups in total. The minimum atomic E-state index is 0.873. The van der Waals surface area contributed by atoms with Crippen molar-refractivity contribution in [1.82, 2.24) is 0 Å². The zero-order chi connectivity index (χ0) is 21.0. The van der Waals surface area contributed by atoms with E-state index in [1.807, 2.05) is 12.1 Å². The zero-order valence-corrected chi connectivity index (χ0v) is 17.6. The summed E-state index contributed by atoms with van der Waals surface area (Å²) in [6.07, 6.45) is 0.887.